The van der Waals surface area contributed by atoms with Gasteiger partial charge in [-0.15, -0.1) is 0 Å². The normalized spacial score (nSPS) is 22.9. The van der Waals surface area contributed by atoms with Crippen LogP contribution < -0.4 is 4.74 Å². The standard InChI is InChI=1S/C25H41N3O4/c1-19-9-10-21(15-28(19)12-11-26(5)24(30)32-25(2,3)4)18-31-23-8-6-7-20(13-23)14-27-16-22(29)17-27/h6-8,13,19,21-22,29H,9-12,14-18H2,1-5H3/t19-,21+/m1/s1. The molecule has 3 rings (SSSR count). The van der Waals surface area contributed by atoms with Crippen molar-refractivity contribution in [1.29, 1.82) is 0 Å². The minimum atomic E-state index is -0.472. The topological polar surface area (TPSA) is 65.5 Å². The zero-order valence-corrected chi connectivity index (χ0v) is 20.4. The molecular formula is C25H41N3O4. The zero-order valence-electron chi connectivity index (χ0n) is 20.4. The van der Waals surface area contributed by atoms with Gasteiger partial charge >= 0.3 is 6.09 Å². The second kappa shape index (κ2) is 10.9. The summed E-state index contributed by atoms with van der Waals surface area (Å²) in [4.78, 5) is 18.6. The van der Waals surface area contributed by atoms with E-state index in [0.29, 0.717) is 25.1 Å². The molecule has 2 saturated heterocycles. The fraction of sp³-hybridized carbons (Fsp3) is 0.720. The molecule has 0 spiro atoms. The van der Waals surface area contributed by atoms with Crippen molar-refractivity contribution in [3.63, 3.8) is 0 Å². The second-order valence-corrected chi connectivity index (χ2v) is 10.5. The molecule has 0 aromatic heterocycles. The predicted octanol–water partition coefficient (Wildman–Crippen LogP) is 3.21. The molecular weight excluding hydrogens is 406 g/mol. The summed E-state index contributed by atoms with van der Waals surface area (Å²) in [6, 6.07) is 8.80. The number of aliphatic hydroxyl groups is 1. The quantitative estimate of drug-likeness (QED) is 0.660. The highest BCUT2D eigenvalue weighted by Crippen LogP contribution is 2.24. The first-order valence-electron chi connectivity index (χ1n) is 11.9. The number of hydrogen-bond acceptors (Lipinski definition) is 6. The van der Waals surface area contributed by atoms with Crippen molar-refractivity contribution >= 4 is 6.09 Å². The summed E-state index contributed by atoms with van der Waals surface area (Å²) in [7, 11) is 1.80. The number of carbonyl (C=O) groups excluding carboxylic acids is 1. The van der Waals surface area contributed by atoms with Gasteiger partial charge in [0.05, 0.1) is 12.7 Å². The lowest BCUT2D eigenvalue weighted by molar-refractivity contribution is -0.00291. The maximum absolute atomic E-state index is 12.2. The van der Waals surface area contributed by atoms with Gasteiger partial charge in [0.2, 0.25) is 0 Å². The van der Waals surface area contributed by atoms with Gasteiger partial charge in [0.15, 0.2) is 0 Å². The number of piperidine rings is 1. The van der Waals surface area contributed by atoms with Crippen LogP contribution in [0.2, 0.25) is 0 Å². The summed E-state index contributed by atoms with van der Waals surface area (Å²) < 4.78 is 11.6. The molecule has 0 aliphatic carbocycles. The van der Waals surface area contributed by atoms with Crippen LogP contribution in [0.5, 0.6) is 5.75 Å². The van der Waals surface area contributed by atoms with E-state index in [0.717, 1.165) is 51.3 Å². The Labute approximate surface area is 193 Å². The van der Waals surface area contributed by atoms with E-state index < -0.39 is 5.60 Å². The monoisotopic (exact) mass is 447 g/mol. The summed E-state index contributed by atoms with van der Waals surface area (Å²) in [6.07, 6.45) is 1.86. The fourth-order valence-electron chi connectivity index (χ4n) is 4.30. The van der Waals surface area contributed by atoms with E-state index in [1.165, 1.54) is 5.56 Å². The third-order valence-corrected chi connectivity index (χ3v) is 6.26. The highest BCUT2D eigenvalue weighted by molar-refractivity contribution is 5.67. The molecule has 1 aromatic carbocycles. The van der Waals surface area contributed by atoms with E-state index in [1.807, 2.05) is 32.9 Å². The minimum Gasteiger partial charge on any atom is -0.493 e. The molecule has 0 unspecified atom stereocenters. The van der Waals surface area contributed by atoms with Crippen molar-refractivity contribution in [3.8, 4) is 5.75 Å². The molecule has 2 fully saturated rings. The first kappa shape index (κ1) is 24.8. The molecule has 32 heavy (non-hydrogen) atoms. The van der Waals surface area contributed by atoms with Crippen molar-refractivity contribution in [1.82, 2.24) is 14.7 Å². The highest BCUT2D eigenvalue weighted by Gasteiger charge is 2.27. The van der Waals surface area contributed by atoms with E-state index in [-0.39, 0.29) is 12.2 Å². The maximum Gasteiger partial charge on any atom is 0.410 e. The van der Waals surface area contributed by atoms with Crippen LogP contribution in [0.3, 0.4) is 0 Å². The second-order valence-electron chi connectivity index (χ2n) is 10.5. The van der Waals surface area contributed by atoms with Crippen molar-refractivity contribution in [3.05, 3.63) is 29.8 Å². The number of ether oxygens (including phenoxy) is 2. The molecule has 2 atom stereocenters. The number of carbonyl (C=O) groups is 1. The Hall–Kier alpha value is -1.83. The molecule has 2 aliphatic heterocycles. The first-order chi connectivity index (χ1) is 15.1. The number of aliphatic hydroxyl groups excluding tert-OH is 1. The summed E-state index contributed by atoms with van der Waals surface area (Å²) in [6.45, 7) is 13.5. The lowest BCUT2D eigenvalue weighted by Crippen LogP contribution is -2.49. The third-order valence-electron chi connectivity index (χ3n) is 6.26. The van der Waals surface area contributed by atoms with E-state index in [2.05, 4.69) is 28.9 Å². The van der Waals surface area contributed by atoms with E-state index in [1.54, 1.807) is 11.9 Å². The largest absolute Gasteiger partial charge is 0.493 e. The van der Waals surface area contributed by atoms with Gasteiger partial charge in [-0.25, -0.2) is 4.79 Å². The van der Waals surface area contributed by atoms with E-state index in [9.17, 15) is 9.90 Å². The van der Waals surface area contributed by atoms with Crippen LogP contribution in [-0.4, -0.2) is 90.0 Å². The minimum absolute atomic E-state index is 0.171. The predicted molar refractivity (Wildman–Crippen MR) is 126 cm³/mol. The number of amides is 1. The Bertz CT molecular complexity index is 745. The van der Waals surface area contributed by atoms with Crippen molar-refractivity contribution < 1.29 is 19.4 Å². The van der Waals surface area contributed by atoms with Crippen molar-refractivity contribution in [2.75, 3.05) is 46.4 Å². The zero-order chi connectivity index (χ0) is 23.3. The number of likely N-dealkylation sites (tertiary alicyclic amines) is 2. The van der Waals surface area contributed by atoms with Gasteiger partial charge in [-0.2, -0.15) is 0 Å². The molecule has 1 amide bonds. The Kier molecular flexibility index (Phi) is 8.42. The number of β-amino-alcohol motifs (C(OH)–C–C–N with tert-alkyl or cyclic N) is 1. The Morgan fingerprint density at radius 1 is 1.22 bits per heavy atom. The Morgan fingerprint density at radius 2 is 1.97 bits per heavy atom. The molecule has 1 N–H and O–H groups in total. The molecule has 7 nitrogen and oxygen atoms in total. The molecule has 0 saturated carbocycles. The van der Waals surface area contributed by atoms with Crippen LogP contribution in [-0.2, 0) is 11.3 Å². The summed E-state index contributed by atoms with van der Waals surface area (Å²) in [5.41, 5.74) is 0.749. The number of nitrogens with zero attached hydrogens (tertiary/aromatic N) is 3. The summed E-state index contributed by atoms with van der Waals surface area (Å²) in [5, 5.41) is 9.46. The van der Waals surface area contributed by atoms with Crippen LogP contribution in [0.15, 0.2) is 24.3 Å². The molecule has 0 bridgehead atoms. The van der Waals surface area contributed by atoms with Gasteiger partial charge in [0.25, 0.3) is 0 Å². The third kappa shape index (κ3) is 7.64. The van der Waals surface area contributed by atoms with Crippen LogP contribution in [0.25, 0.3) is 0 Å². The maximum atomic E-state index is 12.2. The van der Waals surface area contributed by atoms with Crippen molar-refractivity contribution in [2.45, 2.75) is 64.8 Å². The van der Waals surface area contributed by atoms with Gasteiger partial charge in [-0.1, -0.05) is 12.1 Å². The molecule has 0 radical (unpaired) electrons. The van der Waals surface area contributed by atoms with Crippen LogP contribution in [0, 0.1) is 5.92 Å². The Morgan fingerprint density at radius 3 is 2.66 bits per heavy atom. The average Bonchev–Trinajstić information content (AvgIpc) is 2.70. The number of hydrogen-bond donors (Lipinski definition) is 1. The van der Waals surface area contributed by atoms with Crippen LogP contribution in [0.4, 0.5) is 4.79 Å². The lowest BCUT2D eigenvalue weighted by atomic mass is 9.94. The van der Waals surface area contributed by atoms with E-state index in [4.69, 9.17) is 9.47 Å². The van der Waals surface area contributed by atoms with Crippen LogP contribution in [0.1, 0.15) is 46.1 Å². The van der Waals surface area contributed by atoms with Gasteiger partial charge in [0.1, 0.15) is 11.4 Å². The van der Waals surface area contributed by atoms with Gasteiger partial charge in [0, 0.05) is 58.3 Å². The lowest BCUT2D eigenvalue weighted by Gasteiger charge is -2.38. The first-order valence-corrected chi connectivity index (χ1v) is 11.9. The SMILES string of the molecule is C[C@@H]1CC[C@H](COc2cccc(CN3CC(O)C3)c2)CN1CCN(C)C(=O)OC(C)(C)C. The molecule has 180 valence electrons. The summed E-state index contributed by atoms with van der Waals surface area (Å²) in [5.74, 6) is 1.39. The average molecular weight is 448 g/mol. The molecule has 2 aliphatic rings. The van der Waals surface area contributed by atoms with Gasteiger partial charge in [-0.05, 0) is 58.2 Å². The number of rotatable bonds is 8. The van der Waals surface area contributed by atoms with Gasteiger partial charge in [-0.3, -0.25) is 9.80 Å². The number of benzene rings is 1. The van der Waals surface area contributed by atoms with Gasteiger partial charge < -0.3 is 19.5 Å². The smallest absolute Gasteiger partial charge is 0.410 e. The van der Waals surface area contributed by atoms with Crippen LogP contribution >= 0.6 is 0 Å². The summed E-state index contributed by atoms with van der Waals surface area (Å²) >= 11 is 0. The van der Waals surface area contributed by atoms with E-state index >= 15 is 0 Å². The number of likely N-dealkylation sites (N-methyl/N-ethyl adjacent to an activating group) is 1. The molecule has 1 aromatic rings. The fourth-order valence-corrected chi connectivity index (χ4v) is 4.30. The van der Waals surface area contributed by atoms with Crippen molar-refractivity contribution in [2.24, 2.45) is 5.92 Å². The molecule has 2 heterocycles. The molecule has 7 heteroatoms. The Balaban J connectivity index is 1.43. The highest BCUT2D eigenvalue weighted by atomic mass is 16.6.